The molecule has 2 aliphatic carbocycles. The molecule has 0 aromatic rings. The summed E-state index contributed by atoms with van der Waals surface area (Å²) in [5.74, 6) is -1.98. The third-order valence-electron chi connectivity index (χ3n) is 4.75. The van der Waals surface area contributed by atoms with Crippen molar-refractivity contribution in [1.82, 2.24) is 4.90 Å². The highest BCUT2D eigenvalue weighted by Crippen LogP contribution is 2.43. The van der Waals surface area contributed by atoms with Crippen molar-refractivity contribution < 1.29 is 19.5 Å². The molecule has 3 aliphatic rings. The van der Waals surface area contributed by atoms with Crippen LogP contribution in [-0.4, -0.2) is 33.8 Å². The fourth-order valence-electron chi connectivity index (χ4n) is 3.88. The molecular weight excluding hydrogens is 234 g/mol. The van der Waals surface area contributed by atoms with E-state index in [0.717, 1.165) is 25.7 Å². The van der Waals surface area contributed by atoms with Gasteiger partial charge in [0.25, 0.3) is 0 Å². The van der Waals surface area contributed by atoms with E-state index in [1.54, 1.807) is 0 Å². The molecule has 1 saturated heterocycles. The Morgan fingerprint density at radius 1 is 1.00 bits per heavy atom. The maximum absolute atomic E-state index is 12.3. The van der Waals surface area contributed by atoms with Crippen LogP contribution in [0.1, 0.15) is 38.5 Å². The van der Waals surface area contributed by atoms with E-state index in [0.29, 0.717) is 12.8 Å². The summed E-state index contributed by atoms with van der Waals surface area (Å²) in [4.78, 5) is 37.0. The van der Waals surface area contributed by atoms with Crippen LogP contribution in [0.2, 0.25) is 0 Å². The minimum Gasteiger partial charge on any atom is -0.481 e. The minimum atomic E-state index is -0.879. The molecule has 4 unspecified atom stereocenters. The number of fused-ring (bicyclic) bond motifs is 1. The molecule has 5 nitrogen and oxygen atoms in total. The molecule has 18 heavy (non-hydrogen) atoms. The Balaban J connectivity index is 1.86. The number of amides is 2. The third kappa shape index (κ3) is 1.49. The lowest BCUT2D eigenvalue weighted by molar-refractivity contribution is -0.149. The highest BCUT2D eigenvalue weighted by atomic mass is 16.4. The number of carbonyl (C=O) groups excluding carboxylic acids is 2. The topological polar surface area (TPSA) is 74.7 Å². The van der Waals surface area contributed by atoms with E-state index in [9.17, 15) is 19.5 Å². The lowest BCUT2D eigenvalue weighted by Crippen LogP contribution is -2.45. The van der Waals surface area contributed by atoms with Crippen molar-refractivity contribution in [2.45, 2.75) is 44.6 Å². The smallest absolute Gasteiger partial charge is 0.308 e. The lowest BCUT2D eigenvalue weighted by atomic mass is 10.00. The first-order valence-electron chi connectivity index (χ1n) is 6.71. The number of carboxylic acids is 1. The summed E-state index contributed by atoms with van der Waals surface area (Å²) in [6, 6.07) is -0.395. The van der Waals surface area contributed by atoms with Crippen molar-refractivity contribution in [2.75, 3.05) is 0 Å². The minimum absolute atomic E-state index is 0.111. The van der Waals surface area contributed by atoms with Crippen LogP contribution in [0.5, 0.6) is 0 Å². The Labute approximate surface area is 105 Å². The highest BCUT2D eigenvalue weighted by molar-refractivity contribution is 6.06. The van der Waals surface area contributed by atoms with Gasteiger partial charge in [0.15, 0.2) is 0 Å². The monoisotopic (exact) mass is 251 g/mol. The molecule has 1 heterocycles. The number of carboxylic acid groups (broad SMARTS) is 1. The zero-order valence-corrected chi connectivity index (χ0v) is 10.2. The van der Waals surface area contributed by atoms with Crippen LogP contribution in [0.15, 0.2) is 0 Å². The van der Waals surface area contributed by atoms with Crippen LogP contribution < -0.4 is 0 Å². The predicted molar refractivity (Wildman–Crippen MR) is 61.4 cm³/mol. The van der Waals surface area contributed by atoms with Gasteiger partial charge in [-0.15, -0.1) is 0 Å². The Bertz CT molecular complexity index is 397. The summed E-state index contributed by atoms with van der Waals surface area (Å²) in [6.45, 7) is 0. The molecule has 3 rings (SSSR count). The number of aliphatic carboxylic acids is 1. The van der Waals surface area contributed by atoms with Gasteiger partial charge in [-0.3, -0.25) is 19.3 Å². The van der Waals surface area contributed by atoms with E-state index in [2.05, 4.69) is 0 Å². The molecule has 5 heteroatoms. The second-order valence-electron chi connectivity index (χ2n) is 5.63. The Hall–Kier alpha value is -1.39. The normalized spacial score (nSPS) is 39.4. The van der Waals surface area contributed by atoms with Crippen molar-refractivity contribution in [3.8, 4) is 0 Å². The molecule has 2 amide bonds. The van der Waals surface area contributed by atoms with E-state index in [1.807, 2.05) is 0 Å². The Morgan fingerprint density at radius 2 is 1.56 bits per heavy atom. The summed E-state index contributed by atoms with van der Waals surface area (Å²) >= 11 is 0. The Kier molecular flexibility index (Phi) is 2.64. The first-order chi connectivity index (χ1) is 8.61. The van der Waals surface area contributed by atoms with E-state index in [-0.39, 0.29) is 23.7 Å². The molecule has 0 radical (unpaired) electrons. The second kappa shape index (κ2) is 4.07. The van der Waals surface area contributed by atoms with E-state index >= 15 is 0 Å². The molecule has 0 spiro atoms. The number of likely N-dealkylation sites (tertiary alicyclic amines) is 1. The van der Waals surface area contributed by atoms with Gasteiger partial charge in [-0.2, -0.15) is 0 Å². The van der Waals surface area contributed by atoms with Crippen LogP contribution in [0.3, 0.4) is 0 Å². The lowest BCUT2D eigenvalue weighted by Gasteiger charge is -2.26. The quantitative estimate of drug-likeness (QED) is 0.744. The predicted octanol–water partition coefficient (Wildman–Crippen LogP) is 1.02. The fourth-order valence-corrected chi connectivity index (χ4v) is 3.88. The zero-order chi connectivity index (χ0) is 12.9. The molecule has 0 aromatic carbocycles. The van der Waals surface area contributed by atoms with Crippen molar-refractivity contribution >= 4 is 17.8 Å². The maximum Gasteiger partial charge on any atom is 0.308 e. The van der Waals surface area contributed by atoms with Crippen LogP contribution >= 0.6 is 0 Å². The van der Waals surface area contributed by atoms with Gasteiger partial charge in [-0.1, -0.05) is 12.8 Å². The SMILES string of the molecule is O=C(O)C1CCCC1N1C(=O)C2CCCC2C1=O. The molecule has 4 atom stereocenters. The van der Waals surface area contributed by atoms with E-state index in [4.69, 9.17) is 0 Å². The van der Waals surface area contributed by atoms with Crippen molar-refractivity contribution in [3.63, 3.8) is 0 Å². The van der Waals surface area contributed by atoms with Gasteiger partial charge < -0.3 is 5.11 Å². The van der Waals surface area contributed by atoms with Crippen molar-refractivity contribution in [2.24, 2.45) is 17.8 Å². The van der Waals surface area contributed by atoms with Gasteiger partial charge in [0, 0.05) is 0 Å². The summed E-state index contributed by atoms with van der Waals surface area (Å²) in [5, 5.41) is 9.17. The number of nitrogens with zero attached hydrogens (tertiary/aromatic N) is 1. The fraction of sp³-hybridized carbons (Fsp3) is 0.769. The second-order valence-corrected chi connectivity index (χ2v) is 5.63. The average molecular weight is 251 g/mol. The molecule has 2 saturated carbocycles. The van der Waals surface area contributed by atoms with Gasteiger partial charge in [0.05, 0.1) is 23.8 Å². The summed E-state index contributed by atoms with van der Waals surface area (Å²) in [6.07, 6.45) is 4.52. The van der Waals surface area contributed by atoms with Gasteiger partial charge in [0.2, 0.25) is 11.8 Å². The molecule has 0 bridgehead atoms. The number of hydrogen-bond acceptors (Lipinski definition) is 3. The Morgan fingerprint density at radius 3 is 2.11 bits per heavy atom. The van der Waals surface area contributed by atoms with Crippen LogP contribution in [0, 0.1) is 17.8 Å². The van der Waals surface area contributed by atoms with Gasteiger partial charge in [0.1, 0.15) is 0 Å². The molecule has 3 fully saturated rings. The van der Waals surface area contributed by atoms with E-state index < -0.39 is 17.9 Å². The van der Waals surface area contributed by atoms with Crippen molar-refractivity contribution in [1.29, 1.82) is 0 Å². The first kappa shape index (κ1) is 11.7. The molecule has 0 aromatic heterocycles. The number of imide groups is 1. The largest absolute Gasteiger partial charge is 0.481 e. The van der Waals surface area contributed by atoms with Crippen LogP contribution in [-0.2, 0) is 14.4 Å². The summed E-state index contributed by atoms with van der Waals surface area (Å²) < 4.78 is 0. The average Bonchev–Trinajstić information content (AvgIpc) is 2.99. The van der Waals surface area contributed by atoms with Gasteiger partial charge >= 0.3 is 5.97 Å². The molecule has 98 valence electrons. The summed E-state index contributed by atoms with van der Waals surface area (Å²) in [5.41, 5.74) is 0. The molecule has 1 aliphatic heterocycles. The first-order valence-corrected chi connectivity index (χ1v) is 6.71. The standard InChI is InChI=1S/C13H17NO4/c15-11-7-3-1-4-8(7)12(16)14(11)10-6-2-5-9(10)13(17)18/h7-10H,1-6H2,(H,17,18). The van der Waals surface area contributed by atoms with Gasteiger partial charge in [-0.25, -0.2) is 0 Å². The molecule has 1 N–H and O–H groups in total. The van der Waals surface area contributed by atoms with E-state index in [1.165, 1.54) is 4.90 Å². The van der Waals surface area contributed by atoms with Gasteiger partial charge in [-0.05, 0) is 25.7 Å². The number of rotatable bonds is 2. The van der Waals surface area contributed by atoms with Crippen molar-refractivity contribution in [3.05, 3.63) is 0 Å². The maximum atomic E-state index is 12.3. The third-order valence-corrected chi connectivity index (χ3v) is 4.75. The molecular formula is C13H17NO4. The van der Waals surface area contributed by atoms with Crippen LogP contribution in [0.4, 0.5) is 0 Å². The van der Waals surface area contributed by atoms with Crippen LogP contribution in [0.25, 0.3) is 0 Å². The summed E-state index contributed by atoms with van der Waals surface area (Å²) in [7, 11) is 0. The number of hydrogen-bond donors (Lipinski definition) is 1. The number of carbonyl (C=O) groups is 3. The highest BCUT2D eigenvalue weighted by Gasteiger charge is 2.54. The zero-order valence-electron chi connectivity index (χ0n) is 10.2.